The van der Waals surface area contributed by atoms with E-state index in [1.165, 1.54) is 23.1 Å². The number of carbonyl (C=O) groups is 1. The van der Waals surface area contributed by atoms with Crippen molar-refractivity contribution >= 4 is 5.97 Å². The van der Waals surface area contributed by atoms with Crippen molar-refractivity contribution in [3.63, 3.8) is 0 Å². The summed E-state index contributed by atoms with van der Waals surface area (Å²) in [5.74, 6) is -0.882. The first-order valence-electron chi connectivity index (χ1n) is 4.92. The fourth-order valence-electron chi connectivity index (χ4n) is 1.45. The molecule has 0 radical (unpaired) electrons. The van der Waals surface area contributed by atoms with Crippen molar-refractivity contribution < 1.29 is 14.3 Å². The number of carboxylic acid groups (broad SMARTS) is 1. The lowest BCUT2D eigenvalue weighted by molar-refractivity contribution is 0.0694. The summed E-state index contributed by atoms with van der Waals surface area (Å²) in [6.45, 7) is 1.76. The molecule has 0 aliphatic rings. The van der Waals surface area contributed by atoms with Crippen molar-refractivity contribution in [2.45, 2.75) is 13.5 Å². The van der Waals surface area contributed by atoms with Crippen molar-refractivity contribution in [2.24, 2.45) is 0 Å². The molecule has 6 nitrogen and oxygen atoms in total. The molecule has 2 heterocycles. The molecule has 0 unspecified atom stereocenters. The minimum Gasteiger partial charge on any atom is -0.478 e. The summed E-state index contributed by atoms with van der Waals surface area (Å²) in [4.78, 5) is 22.3. The third kappa shape index (κ3) is 2.25. The van der Waals surface area contributed by atoms with Crippen LogP contribution in [0.3, 0.4) is 0 Å². The highest BCUT2D eigenvalue weighted by atomic mass is 16.4. The Morgan fingerprint density at radius 3 is 2.94 bits per heavy atom. The number of hydrogen-bond donors (Lipinski definition) is 1. The van der Waals surface area contributed by atoms with Gasteiger partial charge in [0.1, 0.15) is 17.9 Å². The predicted octanol–water partition coefficient (Wildman–Crippen LogP) is 0.891. The zero-order valence-corrected chi connectivity index (χ0v) is 9.08. The standard InChI is InChI=1S/C11H10N2O4/c1-7-2-3-10(14)13(12-7)6-9-8(11(15)16)4-5-17-9/h2-5H,6H2,1H3,(H,15,16). The summed E-state index contributed by atoms with van der Waals surface area (Å²) in [5, 5.41) is 12.9. The van der Waals surface area contributed by atoms with Crippen LogP contribution < -0.4 is 5.56 Å². The minimum atomic E-state index is -1.09. The average Bonchev–Trinajstić information content (AvgIpc) is 2.71. The summed E-state index contributed by atoms with van der Waals surface area (Å²) in [5.41, 5.74) is 0.413. The molecule has 2 aromatic heterocycles. The first-order valence-corrected chi connectivity index (χ1v) is 4.92. The van der Waals surface area contributed by atoms with E-state index in [4.69, 9.17) is 9.52 Å². The minimum absolute atomic E-state index is 0.00907. The van der Waals surface area contributed by atoms with Crippen LogP contribution in [0.1, 0.15) is 21.8 Å². The van der Waals surface area contributed by atoms with E-state index in [0.29, 0.717) is 5.69 Å². The van der Waals surface area contributed by atoms with Gasteiger partial charge in [0.2, 0.25) is 0 Å². The number of hydrogen-bond acceptors (Lipinski definition) is 4. The van der Waals surface area contributed by atoms with Gasteiger partial charge in [-0.1, -0.05) is 0 Å². The number of carboxylic acids is 1. The topological polar surface area (TPSA) is 85.3 Å². The zero-order valence-electron chi connectivity index (χ0n) is 9.08. The highest BCUT2D eigenvalue weighted by molar-refractivity contribution is 5.88. The summed E-state index contributed by atoms with van der Waals surface area (Å²) in [7, 11) is 0. The molecule has 0 bridgehead atoms. The van der Waals surface area contributed by atoms with E-state index in [0.717, 1.165) is 0 Å². The number of aromatic nitrogens is 2. The van der Waals surface area contributed by atoms with Gasteiger partial charge in [-0.3, -0.25) is 4.79 Å². The second-order valence-electron chi connectivity index (χ2n) is 3.53. The Morgan fingerprint density at radius 1 is 1.47 bits per heavy atom. The average molecular weight is 234 g/mol. The molecular weight excluding hydrogens is 224 g/mol. The van der Waals surface area contributed by atoms with E-state index in [-0.39, 0.29) is 23.4 Å². The molecule has 1 N–H and O–H groups in total. The summed E-state index contributed by atoms with van der Waals surface area (Å²) < 4.78 is 6.21. The van der Waals surface area contributed by atoms with Gasteiger partial charge >= 0.3 is 5.97 Å². The van der Waals surface area contributed by atoms with E-state index >= 15 is 0 Å². The lowest BCUT2D eigenvalue weighted by Crippen LogP contribution is -2.23. The largest absolute Gasteiger partial charge is 0.478 e. The highest BCUT2D eigenvalue weighted by Crippen LogP contribution is 2.11. The molecule has 0 spiro atoms. The van der Waals surface area contributed by atoms with Crippen molar-refractivity contribution in [1.29, 1.82) is 0 Å². The van der Waals surface area contributed by atoms with E-state index in [1.54, 1.807) is 13.0 Å². The summed E-state index contributed by atoms with van der Waals surface area (Å²) in [6.07, 6.45) is 1.28. The fraction of sp³-hybridized carbons (Fsp3) is 0.182. The van der Waals surface area contributed by atoms with Gasteiger partial charge in [-0.25, -0.2) is 9.48 Å². The van der Waals surface area contributed by atoms with Crippen LogP contribution in [0.4, 0.5) is 0 Å². The van der Waals surface area contributed by atoms with Gasteiger partial charge in [0, 0.05) is 6.07 Å². The normalized spacial score (nSPS) is 10.4. The van der Waals surface area contributed by atoms with Crippen LogP contribution in [0.25, 0.3) is 0 Å². The van der Waals surface area contributed by atoms with Crippen LogP contribution in [0.5, 0.6) is 0 Å². The predicted molar refractivity (Wildman–Crippen MR) is 58.0 cm³/mol. The maximum absolute atomic E-state index is 11.5. The van der Waals surface area contributed by atoms with Gasteiger partial charge in [0.15, 0.2) is 0 Å². The molecule has 2 aromatic rings. The maximum atomic E-state index is 11.5. The molecule has 0 saturated heterocycles. The maximum Gasteiger partial charge on any atom is 0.339 e. The Hall–Kier alpha value is -2.37. The molecule has 2 rings (SSSR count). The number of nitrogens with zero attached hydrogens (tertiary/aromatic N) is 2. The van der Waals surface area contributed by atoms with Gasteiger partial charge in [-0.2, -0.15) is 5.10 Å². The van der Waals surface area contributed by atoms with Crippen molar-refractivity contribution in [2.75, 3.05) is 0 Å². The van der Waals surface area contributed by atoms with E-state index in [9.17, 15) is 9.59 Å². The fourth-order valence-corrected chi connectivity index (χ4v) is 1.45. The van der Waals surface area contributed by atoms with Crippen LogP contribution >= 0.6 is 0 Å². The van der Waals surface area contributed by atoms with Crippen LogP contribution in [-0.4, -0.2) is 20.9 Å². The van der Waals surface area contributed by atoms with Gasteiger partial charge in [-0.15, -0.1) is 0 Å². The van der Waals surface area contributed by atoms with Gasteiger partial charge < -0.3 is 9.52 Å². The number of aryl methyl sites for hydroxylation is 1. The lowest BCUT2D eigenvalue weighted by Gasteiger charge is -2.03. The van der Waals surface area contributed by atoms with Gasteiger partial charge in [-0.05, 0) is 19.1 Å². The molecule has 0 aliphatic heterocycles. The summed E-state index contributed by atoms with van der Waals surface area (Å²) >= 11 is 0. The van der Waals surface area contributed by atoms with Gasteiger partial charge in [0.25, 0.3) is 5.56 Å². The second kappa shape index (κ2) is 4.25. The summed E-state index contributed by atoms with van der Waals surface area (Å²) in [6, 6.07) is 4.32. The third-order valence-electron chi connectivity index (χ3n) is 2.27. The van der Waals surface area contributed by atoms with Crippen molar-refractivity contribution in [3.05, 3.63) is 51.8 Å². The van der Waals surface area contributed by atoms with Crippen LogP contribution in [-0.2, 0) is 6.54 Å². The zero-order chi connectivity index (χ0) is 12.4. The Labute approximate surface area is 96.1 Å². The Balaban J connectivity index is 2.38. The molecule has 0 amide bonds. The van der Waals surface area contributed by atoms with Gasteiger partial charge in [0.05, 0.1) is 12.0 Å². The Bertz CT molecular complexity index is 612. The van der Waals surface area contributed by atoms with Crippen LogP contribution in [0.15, 0.2) is 33.7 Å². The molecule has 88 valence electrons. The first-order chi connectivity index (χ1) is 8.08. The second-order valence-corrected chi connectivity index (χ2v) is 3.53. The lowest BCUT2D eigenvalue weighted by atomic mass is 10.2. The highest BCUT2D eigenvalue weighted by Gasteiger charge is 2.14. The quantitative estimate of drug-likeness (QED) is 0.852. The van der Waals surface area contributed by atoms with Crippen LogP contribution in [0, 0.1) is 6.92 Å². The number of aromatic carboxylic acids is 1. The number of rotatable bonds is 3. The molecule has 0 saturated carbocycles. The molecular formula is C11H10N2O4. The first kappa shape index (κ1) is 11.1. The Kier molecular flexibility index (Phi) is 2.78. The van der Waals surface area contributed by atoms with Crippen molar-refractivity contribution in [1.82, 2.24) is 9.78 Å². The molecule has 0 aromatic carbocycles. The third-order valence-corrected chi connectivity index (χ3v) is 2.27. The van der Waals surface area contributed by atoms with E-state index in [1.807, 2.05) is 0 Å². The van der Waals surface area contributed by atoms with Crippen LogP contribution in [0.2, 0.25) is 0 Å². The molecule has 0 fully saturated rings. The molecule has 6 heteroatoms. The smallest absolute Gasteiger partial charge is 0.339 e. The number of furan rings is 1. The Morgan fingerprint density at radius 2 is 2.24 bits per heavy atom. The van der Waals surface area contributed by atoms with E-state index in [2.05, 4.69) is 5.10 Å². The molecule has 0 aliphatic carbocycles. The van der Waals surface area contributed by atoms with E-state index < -0.39 is 5.97 Å². The molecule has 0 atom stereocenters. The van der Waals surface area contributed by atoms with Crippen molar-refractivity contribution in [3.8, 4) is 0 Å². The SMILES string of the molecule is Cc1ccc(=O)n(Cc2occc2C(=O)O)n1. The monoisotopic (exact) mass is 234 g/mol. The molecule has 17 heavy (non-hydrogen) atoms.